The van der Waals surface area contributed by atoms with Crippen molar-refractivity contribution in [2.45, 2.75) is 30.7 Å². The normalized spacial score (nSPS) is 31.3. The molecule has 2 saturated carbocycles. The van der Waals surface area contributed by atoms with E-state index >= 15 is 0 Å². The SMILES string of the molecule is O=S(=O)(CC(F)(F)F)N[C@H]1[C@@H]2C[C@](O)(c3cc(Cl)cc4[nH]ncc34)C[C@@H]21. The second kappa shape index (κ2) is 5.57. The molecule has 0 unspecified atom stereocenters. The predicted molar refractivity (Wildman–Crippen MR) is 88.0 cm³/mol. The van der Waals surface area contributed by atoms with Gasteiger partial charge in [-0.3, -0.25) is 5.10 Å². The molecule has 11 heteroatoms. The fourth-order valence-corrected chi connectivity index (χ4v) is 5.62. The van der Waals surface area contributed by atoms with E-state index in [4.69, 9.17) is 11.6 Å². The number of aliphatic hydroxyl groups is 1. The number of benzene rings is 1. The number of hydrogen-bond donors (Lipinski definition) is 3. The van der Waals surface area contributed by atoms with Gasteiger partial charge in [0.1, 0.15) is 0 Å². The summed E-state index contributed by atoms with van der Waals surface area (Å²) >= 11 is 6.09. The average molecular weight is 410 g/mol. The molecule has 4 rings (SSSR count). The summed E-state index contributed by atoms with van der Waals surface area (Å²) in [5, 5.41) is 18.9. The number of H-pyrrole nitrogens is 1. The first kappa shape index (κ1) is 18.0. The Bertz CT molecular complexity index is 963. The van der Waals surface area contributed by atoms with Crippen LogP contribution >= 0.6 is 11.6 Å². The van der Waals surface area contributed by atoms with E-state index in [0.717, 1.165) is 0 Å². The lowest BCUT2D eigenvalue weighted by Crippen LogP contribution is -2.38. The molecule has 0 radical (unpaired) electrons. The van der Waals surface area contributed by atoms with Crippen LogP contribution in [0.15, 0.2) is 18.3 Å². The number of rotatable bonds is 4. The minimum Gasteiger partial charge on any atom is -0.385 e. The van der Waals surface area contributed by atoms with Gasteiger partial charge in [-0.05, 0) is 42.4 Å². The van der Waals surface area contributed by atoms with Crippen molar-refractivity contribution in [1.29, 1.82) is 0 Å². The van der Waals surface area contributed by atoms with E-state index in [2.05, 4.69) is 14.9 Å². The van der Waals surface area contributed by atoms with Crippen molar-refractivity contribution in [3.8, 4) is 0 Å². The van der Waals surface area contributed by atoms with Crippen molar-refractivity contribution in [3.05, 3.63) is 28.9 Å². The molecule has 3 N–H and O–H groups in total. The first-order valence-electron chi connectivity index (χ1n) is 7.90. The summed E-state index contributed by atoms with van der Waals surface area (Å²) in [6.07, 6.45) is -2.72. The third-order valence-electron chi connectivity index (χ3n) is 5.17. The Labute approximate surface area is 151 Å². The van der Waals surface area contributed by atoms with Gasteiger partial charge in [0.05, 0.1) is 17.3 Å². The van der Waals surface area contributed by atoms with Gasteiger partial charge in [0.25, 0.3) is 0 Å². The van der Waals surface area contributed by atoms with Crippen molar-refractivity contribution < 1.29 is 26.7 Å². The Hall–Kier alpha value is -1.36. The number of nitrogens with zero attached hydrogens (tertiary/aromatic N) is 1. The standard InChI is InChI=1S/C15H15ClF3N3O3S/c16-7-1-11(10-5-20-21-12(10)2-7)14(23)3-8-9(4-14)13(8)22-26(24,25)6-15(17,18)19/h1-2,5,8-9,13,22-23H,3-4,6H2,(H,20,21)/t8-,9+,13+,14-. The number of nitrogens with one attached hydrogen (secondary N) is 2. The van der Waals surface area contributed by atoms with Crippen molar-refractivity contribution in [2.75, 3.05) is 5.75 Å². The van der Waals surface area contributed by atoms with Crippen LogP contribution in [-0.4, -0.2) is 41.7 Å². The molecule has 2 aromatic rings. The lowest BCUT2D eigenvalue weighted by molar-refractivity contribution is -0.106. The smallest absolute Gasteiger partial charge is 0.385 e. The largest absolute Gasteiger partial charge is 0.404 e. The monoisotopic (exact) mass is 409 g/mol. The van der Waals surface area contributed by atoms with Gasteiger partial charge in [-0.25, -0.2) is 13.1 Å². The molecule has 1 aromatic carbocycles. The summed E-state index contributed by atoms with van der Waals surface area (Å²) in [5.41, 5.74) is 0.0516. The maximum absolute atomic E-state index is 12.3. The van der Waals surface area contributed by atoms with E-state index in [1.54, 1.807) is 18.3 Å². The Balaban J connectivity index is 1.51. The lowest BCUT2D eigenvalue weighted by Gasteiger charge is -2.27. The second-order valence-electron chi connectivity index (χ2n) is 7.07. The fourth-order valence-electron chi connectivity index (χ4n) is 4.13. The lowest BCUT2D eigenvalue weighted by atomic mass is 9.86. The first-order chi connectivity index (χ1) is 12.0. The van der Waals surface area contributed by atoms with Crippen LogP contribution in [0, 0.1) is 11.8 Å². The molecule has 142 valence electrons. The summed E-state index contributed by atoms with van der Waals surface area (Å²) in [4.78, 5) is 0. The average Bonchev–Trinajstić information content (AvgIpc) is 2.89. The summed E-state index contributed by atoms with van der Waals surface area (Å²) in [6, 6.07) is 2.76. The minimum atomic E-state index is -4.79. The van der Waals surface area contributed by atoms with Gasteiger partial charge in [0.2, 0.25) is 10.0 Å². The van der Waals surface area contributed by atoms with Gasteiger partial charge in [-0.15, -0.1) is 0 Å². The molecule has 2 aliphatic carbocycles. The van der Waals surface area contributed by atoms with Crippen LogP contribution in [0.3, 0.4) is 0 Å². The molecule has 6 nitrogen and oxygen atoms in total. The fraction of sp³-hybridized carbons (Fsp3) is 0.533. The van der Waals surface area contributed by atoms with Crippen LogP contribution in [0.1, 0.15) is 18.4 Å². The van der Waals surface area contributed by atoms with E-state index in [0.29, 0.717) is 21.5 Å². The number of alkyl halides is 3. The zero-order valence-corrected chi connectivity index (χ0v) is 14.8. The Morgan fingerprint density at radius 3 is 2.62 bits per heavy atom. The van der Waals surface area contributed by atoms with E-state index < -0.39 is 33.6 Å². The van der Waals surface area contributed by atoms with Crippen LogP contribution in [0.2, 0.25) is 5.02 Å². The van der Waals surface area contributed by atoms with Gasteiger partial charge in [0, 0.05) is 16.5 Å². The van der Waals surface area contributed by atoms with Gasteiger partial charge in [-0.1, -0.05) is 11.6 Å². The summed E-state index contributed by atoms with van der Waals surface area (Å²) in [5.74, 6) is -2.31. The third-order valence-corrected chi connectivity index (χ3v) is 6.73. The quantitative estimate of drug-likeness (QED) is 0.722. The van der Waals surface area contributed by atoms with Crippen LogP contribution in [0.25, 0.3) is 10.9 Å². The first-order valence-corrected chi connectivity index (χ1v) is 9.93. The molecule has 0 saturated heterocycles. The highest BCUT2D eigenvalue weighted by molar-refractivity contribution is 7.89. The van der Waals surface area contributed by atoms with Crippen molar-refractivity contribution in [1.82, 2.24) is 14.9 Å². The van der Waals surface area contributed by atoms with Crippen LogP contribution < -0.4 is 4.72 Å². The molecule has 4 atom stereocenters. The van der Waals surface area contributed by atoms with Crippen LogP contribution in [0.5, 0.6) is 0 Å². The van der Waals surface area contributed by atoms with Gasteiger partial charge >= 0.3 is 6.18 Å². The molecule has 1 heterocycles. The van der Waals surface area contributed by atoms with E-state index in [1.807, 2.05) is 0 Å². The predicted octanol–water partition coefficient (Wildman–Crippen LogP) is 2.29. The van der Waals surface area contributed by atoms with E-state index in [9.17, 15) is 26.7 Å². The Morgan fingerprint density at radius 2 is 2.00 bits per heavy atom. The number of aromatic amines is 1. The summed E-state index contributed by atoms with van der Waals surface area (Å²) in [7, 11) is -4.45. The van der Waals surface area contributed by atoms with E-state index in [1.165, 1.54) is 0 Å². The number of fused-ring (bicyclic) bond motifs is 2. The van der Waals surface area contributed by atoms with Gasteiger partial charge in [-0.2, -0.15) is 18.3 Å². The molecule has 26 heavy (non-hydrogen) atoms. The Morgan fingerprint density at radius 1 is 1.35 bits per heavy atom. The Kier molecular flexibility index (Phi) is 3.86. The third kappa shape index (κ3) is 3.19. The highest BCUT2D eigenvalue weighted by atomic mass is 35.5. The molecular weight excluding hydrogens is 395 g/mol. The van der Waals surface area contributed by atoms with E-state index in [-0.39, 0.29) is 24.7 Å². The van der Waals surface area contributed by atoms with Crippen molar-refractivity contribution >= 4 is 32.5 Å². The summed E-state index contributed by atoms with van der Waals surface area (Å²) < 4.78 is 62.4. The molecule has 0 spiro atoms. The van der Waals surface area contributed by atoms with Crippen LogP contribution in [0.4, 0.5) is 13.2 Å². The number of hydrogen-bond acceptors (Lipinski definition) is 4. The molecule has 1 aromatic heterocycles. The highest BCUT2D eigenvalue weighted by Crippen LogP contribution is 2.60. The number of halogens is 4. The zero-order chi connectivity index (χ0) is 18.9. The molecule has 0 aliphatic heterocycles. The molecule has 0 bridgehead atoms. The highest BCUT2D eigenvalue weighted by Gasteiger charge is 2.63. The maximum atomic E-state index is 12.3. The van der Waals surface area contributed by atoms with Crippen molar-refractivity contribution in [2.24, 2.45) is 11.8 Å². The topological polar surface area (TPSA) is 95.1 Å². The number of sulfonamides is 1. The van der Waals surface area contributed by atoms with Crippen LogP contribution in [-0.2, 0) is 15.6 Å². The van der Waals surface area contributed by atoms with Gasteiger partial charge < -0.3 is 5.11 Å². The number of aromatic nitrogens is 2. The van der Waals surface area contributed by atoms with Crippen molar-refractivity contribution in [3.63, 3.8) is 0 Å². The summed E-state index contributed by atoms with van der Waals surface area (Å²) in [6.45, 7) is 0. The maximum Gasteiger partial charge on any atom is 0.404 e. The minimum absolute atomic E-state index is 0.205. The zero-order valence-electron chi connectivity index (χ0n) is 13.2. The molecule has 2 aliphatic rings. The molecule has 0 amide bonds. The molecule has 2 fully saturated rings. The second-order valence-corrected chi connectivity index (χ2v) is 9.26. The van der Waals surface area contributed by atoms with Gasteiger partial charge in [0.15, 0.2) is 5.75 Å². The molecular formula is C15H15ClF3N3O3S.